The number of hydrogen-bond donors (Lipinski definition) is 1. The Hall–Kier alpha value is -1.69. The van der Waals surface area contributed by atoms with Gasteiger partial charge in [-0.1, -0.05) is 6.07 Å². The van der Waals surface area contributed by atoms with Crippen LogP contribution in [0.2, 0.25) is 0 Å². The number of imide groups is 2. The Labute approximate surface area is 109 Å². The highest BCUT2D eigenvalue weighted by molar-refractivity contribution is 7.10. The first-order valence-electron chi connectivity index (χ1n) is 5.58. The zero-order valence-electron chi connectivity index (χ0n) is 10.4. The van der Waals surface area contributed by atoms with Crippen LogP contribution in [0.25, 0.3) is 0 Å². The maximum absolute atomic E-state index is 12.3. The van der Waals surface area contributed by atoms with Crippen LogP contribution in [-0.2, 0) is 9.59 Å². The molecule has 0 bridgehead atoms. The van der Waals surface area contributed by atoms with Gasteiger partial charge in [-0.2, -0.15) is 0 Å². The van der Waals surface area contributed by atoms with Crippen LogP contribution in [0.1, 0.15) is 31.7 Å². The average molecular weight is 266 g/mol. The Bertz CT molecular complexity index is 507. The molecule has 0 radical (unpaired) electrons. The summed E-state index contributed by atoms with van der Waals surface area (Å²) in [5, 5.41) is 4.11. The molecule has 4 amide bonds. The second-order valence-corrected chi connectivity index (χ2v) is 5.73. The molecule has 1 N–H and O–H groups in total. The van der Waals surface area contributed by atoms with Gasteiger partial charge in [0.25, 0.3) is 0 Å². The van der Waals surface area contributed by atoms with Gasteiger partial charge in [0.2, 0.25) is 11.8 Å². The average Bonchev–Trinajstić information content (AvgIpc) is 2.80. The van der Waals surface area contributed by atoms with Crippen LogP contribution >= 0.6 is 11.3 Å². The van der Waals surface area contributed by atoms with E-state index in [2.05, 4.69) is 5.32 Å². The molecule has 1 aromatic heterocycles. The van der Waals surface area contributed by atoms with Gasteiger partial charge < -0.3 is 0 Å². The van der Waals surface area contributed by atoms with Crippen LogP contribution in [0.15, 0.2) is 17.5 Å². The molecule has 0 saturated carbocycles. The van der Waals surface area contributed by atoms with Crippen molar-refractivity contribution in [3.05, 3.63) is 22.4 Å². The van der Waals surface area contributed by atoms with E-state index in [0.717, 1.165) is 9.78 Å². The number of hydrogen-bond acceptors (Lipinski definition) is 4. The van der Waals surface area contributed by atoms with E-state index in [1.54, 1.807) is 6.92 Å². The van der Waals surface area contributed by atoms with E-state index in [9.17, 15) is 14.4 Å². The zero-order valence-corrected chi connectivity index (χ0v) is 11.2. The number of nitrogens with one attached hydrogen (secondary N) is 1. The molecule has 1 atom stereocenters. The first-order chi connectivity index (χ1) is 8.35. The fraction of sp³-hybridized carbons (Fsp3) is 0.417. The van der Waals surface area contributed by atoms with Crippen LogP contribution in [0.5, 0.6) is 0 Å². The molecule has 1 aliphatic rings. The predicted octanol–water partition coefficient (Wildman–Crippen LogP) is 1.91. The van der Waals surface area contributed by atoms with Gasteiger partial charge in [0.1, 0.15) is 5.41 Å². The molecular formula is C12H14N2O3S. The van der Waals surface area contributed by atoms with Gasteiger partial charge >= 0.3 is 6.03 Å². The third-order valence-electron chi connectivity index (χ3n) is 3.10. The summed E-state index contributed by atoms with van der Waals surface area (Å²) in [6.45, 7) is 4.81. The van der Waals surface area contributed by atoms with Crippen LogP contribution < -0.4 is 5.32 Å². The SMILES string of the molecule is CC(c1cccs1)N1C(=O)NC(=O)C(C)(C)C1=O. The van der Waals surface area contributed by atoms with E-state index in [1.165, 1.54) is 25.2 Å². The summed E-state index contributed by atoms with van der Waals surface area (Å²) < 4.78 is 0. The van der Waals surface area contributed by atoms with Crippen molar-refractivity contribution < 1.29 is 14.4 Å². The van der Waals surface area contributed by atoms with Gasteiger partial charge in [0, 0.05) is 4.88 Å². The van der Waals surface area contributed by atoms with Crippen molar-refractivity contribution in [3.8, 4) is 0 Å². The second-order valence-electron chi connectivity index (χ2n) is 4.75. The normalized spacial score (nSPS) is 20.8. The van der Waals surface area contributed by atoms with Crippen LogP contribution in [0.3, 0.4) is 0 Å². The number of thiophene rings is 1. The van der Waals surface area contributed by atoms with E-state index in [0.29, 0.717) is 0 Å². The molecule has 1 aliphatic heterocycles. The predicted molar refractivity (Wildman–Crippen MR) is 66.9 cm³/mol. The Balaban J connectivity index is 2.35. The number of urea groups is 1. The van der Waals surface area contributed by atoms with Crippen molar-refractivity contribution in [1.82, 2.24) is 10.2 Å². The fourth-order valence-electron chi connectivity index (χ4n) is 1.81. The topological polar surface area (TPSA) is 66.5 Å². The highest BCUT2D eigenvalue weighted by Crippen LogP contribution is 2.32. The molecule has 96 valence electrons. The Kier molecular flexibility index (Phi) is 2.98. The van der Waals surface area contributed by atoms with Gasteiger partial charge in [-0.05, 0) is 32.2 Å². The van der Waals surface area contributed by atoms with Crippen LogP contribution in [0, 0.1) is 5.41 Å². The Morgan fingerprint density at radius 2 is 2.00 bits per heavy atom. The van der Waals surface area contributed by atoms with Gasteiger partial charge in [-0.3, -0.25) is 19.8 Å². The summed E-state index contributed by atoms with van der Waals surface area (Å²) in [5.41, 5.74) is -1.21. The maximum Gasteiger partial charge on any atom is 0.331 e. The summed E-state index contributed by atoms with van der Waals surface area (Å²) >= 11 is 1.47. The number of rotatable bonds is 2. The molecule has 1 unspecified atom stereocenters. The molecule has 1 fully saturated rings. The first-order valence-corrected chi connectivity index (χ1v) is 6.46. The minimum Gasteiger partial charge on any atom is -0.277 e. The van der Waals surface area contributed by atoms with Gasteiger partial charge in [-0.25, -0.2) is 4.79 Å². The van der Waals surface area contributed by atoms with Crippen molar-refractivity contribution in [2.24, 2.45) is 5.41 Å². The monoisotopic (exact) mass is 266 g/mol. The molecule has 0 spiro atoms. The fourth-order valence-corrected chi connectivity index (χ4v) is 2.59. The molecule has 0 aromatic carbocycles. The number of carbonyl (C=O) groups excluding carboxylic acids is 3. The maximum atomic E-state index is 12.3. The third-order valence-corrected chi connectivity index (χ3v) is 4.15. The van der Waals surface area contributed by atoms with Crippen molar-refractivity contribution in [1.29, 1.82) is 0 Å². The van der Waals surface area contributed by atoms with E-state index in [4.69, 9.17) is 0 Å². The second kappa shape index (κ2) is 4.20. The van der Waals surface area contributed by atoms with E-state index in [1.807, 2.05) is 17.5 Å². The van der Waals surface area contributed by atoms with Gasteiger partial charge in [0.05, 0.1) is 6.04 Å². The molecule has 2 heterocycles. The number of amides is 4. The summed E-state index contributed by atoms with van der Waals surface area (Å²) in [4.78, 5) is 37.7. The van der Waals surface area contributed by atoms with Crippen molar-refractivity contribution in [2.45, 2.75) is 26.8 Å². The molecule has 0 aliphatic carbocycles. The standard InChI is InChI=1S/C12H14N2O3S/c1-7(8-5-4-6-18-8)14-10(16)12(2,3)9(15)13-11(14)17/h4-7H,1-3H3,(H,13,15,17). The molecule has 18 heavy (non-hydrogen) atoms. The number of barbiturate groups is 1. The van der Waals surface area contributed by atoms with E-state index < -0.39 is 23.3 Å². The first kappa shape index (κ1) is 12.8. The molecule has 1 saturated heterocycles. The van der Waals surface area contributed by atoms with Gasteiger partial charge in [-0.15, -0.1) is 11.3 Å². The van der Waals surface area contributed by atoms with Crippen molar-refractivity contribution in [2.75, 3.05) is 0 Å². The number of carbonyl (C=O) groups is 3. The summed E-state index contributed by atoms with van der Waals surface area (Å²) in [6, 6.07) is 2.70. The molecule has 6 heteroatoms. The van der Waals surface area contributed by atoms with Crippen LogP contribution in [0.4, 0.5) is 4.79 Å². The van der Waals surface area contributed by atoms with E-state index >= 15 is 0 Å². The largest absolute Gasteiger partial charge is 0.331 e. The summed E-state index contributed by atoms with van der Waals surface area (Å²) in [7, 11) is 0. The summed E-state index contributed by atoms with van der Waals surface area (Å²) in [5.74, 6) is -1.01. The highest BCUT2D eigenvalue weighted by atomic mass is 32.1. The third kappa shape index (κ3) is 1.82. The highest BCUT2D eigenvalue weighted by Gasteiger charge is 2.48. The number of nitrogens with zero attached hydrogens (tertiary/aromatic N) is 1. The van der Waals surface area contributed by atoms with Crippen molar-refractivity contribution >= 4 is 29.2 Å². The van der Waals surface area contributed by atoms with Gasteiger partial charge in [0.15, 0.2) is 0 Å². The molecule has 5 nitrogen and oxygen atoms in total. The Morgan fingerprint density at radius 3 is 2.56 bits per heavy atom. The van der Waals surface area contributed by atoms with Crippen molar-refractivity contribution in [3.63, 3.8) is 0 Å². The summed E-state index contributed by atoms with van der Waals surface area (Å²) in [6.07, 6.45) is 0. The minimum absolute atomic E-state index is 0.370. The smallest absolute Gasteiger partial charge is 0.277 e. The molecule has 1 aromatic rings. The lowest BCUT2D eigenvalue weighted by molar-refractivity contribution is -0.150. The lowest BCUT2D eigenvalue weighted by Gasteiger charge is -2.37. The lowest BCUT2D eigenvalue weighted by Crippen LogP contribution is -2.62. The Morgan fingerprint density at radius 1 is 1.33 bits per heavy atom. The lowest BCUT2D eigenvalue weighted by atomic mass is 9.88. The molecule has 2 rings (SSSR count). The quantitative estimate of drug-likeness (QED) is 0.831. The van der Waals surface area contributed by atoms with Crippen LogP contribution in [-0.4, -0.2) is 22.7 Å². The zero-order chi connectivity index (χ0) is 13.5. The van der Waals surface area contributed by atoms with E-state index in [-0.39, 0.29) is 6.04 Å². The minimum atomic E-state index is -1.21. The molecular weight excluding hydrogens is 252 g/mol.